The zero-order chi connectivity index (χ0) is 22.9. The van der Waals surface area contributed by atoms with E-state index < -0.39 is 17.8 Å². The fraction of sp³-hybridized carbons (Fsp3) is 0.308. The number of phenolic OH excluding ortho intramolecular Hbond substituents is 1. The summed E-state index contributed by atoms with van der Waals surface area (Å²) >= 11 is 0. The standard InChI is InChI=1S/C26H25FN2O3/c1-16-4-6-18(7-5-16)24(21-13-20(27)8-9-23(21)30)29-25(31)22-12-19(17(2)28-22)10-11-26(3)14-32-15-26/h4-9,12-13,17,24,30H,14-15H2,1-3H3,(H,29,31). The molecule has 6 heteroatoms. The van der Waals surface area contributed by atoms with Crippen LogP contribution in [0.4, 0.5) is 4.39 Å². The lowest BCUT2D eigenvalue weighted by atomic mass is 9.89. The lowest BCUT2D eigenvalue weighted by Crippen LogP contribution is -2.38. The first kappa shape index (κ1) is 21.8. The average Bonchev–Trinajstić information content (AvgIpc) is 3.12. The Hall–Kier alpha value is -3.43. The van der Waals surface area contributed by atoms with Gasteiger partial charge in [-0.1, -0.05) is 41.7 Å². The molecule has 2 aromatic carbocycles. The van der Waals surface area contributed by atoms with Gasteiger partial charge in [0.2, 0.25) is 0 Å². The number of nitrogens with one attached hydrogen (secondary N) is 1. The normalized spacial score (nSPS) is 19.7. The third-order valence-corrected chi connectivity index (χ3v) is 5.64. The molecule has 0 aromatic heterocycles. The van der Waals surface area contributed by atoms with E-state index in [1.54, 1.807) is 6.08 Å². The second kappa shape index (κ2) is 8.60. The number of amides is 1. The molecule has 2 aliphatic rings. The summed E-state index contributed by atoms with van der Waals surface area (Å²) in [6.45, 7) is 7.08. The molecule has 4 rings (SSSR count). The zero-order valence-corrected chi connectivity index (χ0v) is 18.3. The number of phenols is 1. The van der Waals surface area contributed by atoms with Gasteiger partial charge in [0.15, 0.2) is 0 Å². The molecule has 32 heavy (non-hydrogen) atoms. The minimum atomic E-state index is -0.744. The number of hydrogen-bond donors (Lipinski definition) is 2. The number of carbonyl (C=O) groups excluding carboxylic acids is 1. The molecular weight excluding hydrogens is 407 g/mol. The number of nitrogens with zero attached hydrogens (tertiary/aromatic N) is 1. The highest BCUT2D eigenvalue weighted by molar-refractivity contribution is 6.44. The summed E-state index contributed by atoms with van der Waals surface area (Å²) in [6.07, 6.45) is 1.69. The Morgan fingerprint density at radius 1 is 1.28 bits per heavy atom. The van der Waals surface area contributed by atoms with E-state index >= 15 is 0 Å². The first-order valence-corrected chi connectivity index (χ1v) is 10.5. The Kier molecular flexibility index (Phi) is 5.86. The van der Waals surface area contributed by atoms with Crippen molar-refractivity contribution in [2.24, 2.45) is 10.4 Å². The first-order chi connectivity index (χ1) is 15.2. The van der Waals surface area contributed by atoms with Gasteiger partial charge in [0, 0.05) is 11.1 Å². The maximum atomic E-state index is 14.0. The van der Waals surface area contributed by atoms with Crippen LogP contribution in [0.1, 0.15) is 36.6 Å². The van der Waals surface area contributed by atoms with Crippen LogP contribution in [0.25, 0.3) is 0 Å². The SMILES string of the molecule is Cc1ccc(C(NC(=O)C2=NC(C)C(C#CC3(C)COC3)=C2)c2cc(F)ccc2O)cc1. The van der Waals surface area contributed by atoms with Crippen molar-refractivity contribution in [2.45, 2.75) is 32.9 Å². The number of aryl methyl sites for hydroxylation is 1. The van der Waals surface area contributed by atoms with Crippen LogP contribution in [0.3, 0.4) is 0 Å². The van der Waals surface area contributed by atoms with Crippen LogP contribution in [0.2, 0.25) is 0 Å². The summed E-state index contributed by atoms with van der Waals surface area (Å²) < 4.78 is 19.2. The molecule has 5 nitrogen and oxygen atoms in total. The van der Waals surface area contributed by atoms with Crippen LogP contribution in [0.5, 0.6) is 5.75 Å². The van der Waals surface area contributed by atoms with Gasteiger partial charge in [0.25, 0.3) is 5.91 Å². The quantitative estimate of drug-likeness (QED) is 0.721. The van der Waals surface area contributed by atoms with E-state index in [1.165, 1.54) is 18.2 Å². The van der Waals surface area contributed by atoms with Crippen molar-refractivity contribution in [1.82, 2.24) is 5.32 Å². The van der Waals surface area contributed by atoms with Crippen molar-refractivity contribution >= 4 is 11.6 Å². The monoisotopic (exact) mass is 432 g/mol. The maximum absolute atomic E-state index is 14.0. The van der Waals surface area contributed by atoms with E-state index in [4.69, 9.17) is 4.74 Å². The van der Waals surface area contributed by atoms with Crippen molar-refractivity contribution in [2.75, 3.05) is 13.2 Å². The van der Waals surface area contributed by atoms with Crippen molar-refractivity contribution < 1.29 is 19.0 Å². The van der Waals surface area contributed by atoms with Gasteiger partial charge in [0.05, 0.1) is 30.7 Å². The maximum Gasteiger partial charge on any atom is 0.270 e. The van der Waals surface area contributed by atoms with Crippen LogP contribution >= 0.6 is 0 Å². The Balaban J connectivity index is 1.61. The number of ether oxygens (including phenoxy) is 1. The van der Waals surface area contributed by atoms with E-state index in [1.807, 2.05) is 45.0 Å². The largest absolute Gasteiger partial charge is 0.508 e. The van der Waals surface area contributed by atoms with E-state index in [0.29, 0.717) is 13.2 Å². The van der Waals surface area contributed by atoms with Gasteiger partial charge in [-0.2, -0.15) is 0 Å². The highest BCUT2D eigenvalue weighted by atomic mass is 19.1. The number of aromatic hydroxyl groups is 1. The third kappa shape index (κ3) is 4.58. The van der Waals surface area contributed by atoms with Crippen molar-refractivity contribution in [3.8, 4) is 17.6 Å². The molecular formula is C26H25FN2O3. The van der Waals surface area contributed by atoms with Crippen LogP contribution in [-0.4, -0.2) is 36.0 Å². The molecule has 0 saturated carbocycles. The molecule has 0 aliphatic carbocycles. The Morgan fingerprint density at radius 2 is 2.00 bits per heavy atom. The van der Waals surface area contributed by atoms with Crippen molar-refractivity contribution in [3.63, 3.8) is 0 Å². The Bertz CT molecular complexity index is 1170. The summed E-state index contributed by atoms with van der Waals surface area (Å²) in [4.78, 5) is 17.5. The minimum Gasteiger partial charge on any atom is -0.508 e. The lowest BCUT2D eigenvalue weighted by molar-refractivity contribution is -0.115. The second-order valence-electron chi connectivity index (χ2n) is 8.61. The molecule has 1 saturated heterocycles. The minimum absolute atomic E-state index is 0.0999. The molecule has 1 amide bonds. The number of benzene rings is 2. The van der Waals surface area contributed by atoms with E-state index in [2.05, 4.69) is 22.2 Å². The molecule has 2 atom stereocenters. The van der Waals surface area contributed by atoms with Gasteiger partial charge in [0.1, 0.15) is 17.3 Å². The molecule has 0 spiro atoms. The average molecular weight is 432 g/mol. The fourth-order valence-electron chi connectivity index (χ4n) is 3.61. The molecule has 2 aromatic rings. The fourth-order valence-corrected chi connectivity index (χ4v) is 3.61. The molecule has 164 valence electrons. The van der Waals surface area contributed by atoms with Crippen LogP contribution in [0.15, 0.2) is 59.1 Å². The number of rotatable bonds is 4. The highest BCUT2D eigenvalue weighted by Gasteiger charge is 2.31. The zero-order valence-electron chi connectivity index (χ0n) is 18.3. The Labute approximate surface area is 187 Å². The number of hydrogen-bond acceptors (Lipinski definition) is 4. The van der Waals surface area contributed by atoms with Crippen molar-refractivity contribution in [3.05, 3.63) is 76.6 Å². The molecule has 0 bridgehead atoms. The third-order valence-electron chi connectivity index (χ3n) is 5.64. The summed E-state index contributed by atoms with van der Waals surface area (Å²) in [7, 11) is 0. The lowest BCUT2D eigenvalue weighted by Gasteiger charge is -2.32. The highest BCUT2D eigenvalue weighted by Crippen LogP contribution is 2.31. The van der Waals surface area contributed by atoms with E-state index in [0.717, 1.165) is 16.7 Å². The van der Waals surface area contributed by atoms with Crippen molar-refractivity contribution in [1.29, 1.82) is 0 Å². The smallest absolute Gasteiger partial charge is 0.270 e. The predicted molar refractivity (Wildman–Crippen MR) is 121 cm³/mol. The van der Waals surface area contributed by atoms with Gasteiger partial charge in [-0.25, -0.2) is 4.39 Å². The first-order valence-electron chi connectivity index (χ1n) is 10.5. The molecule has 2 aliphatic heterocycles. The van der Waals surface area contributed by atoms with Gasteiger partial charge in [-0.15, -0.1) is 0 Å². The second-order valence-corrected chi connectivity index (χ2v) is 8.61. The van der Waals surface area contributed by atoms with E-state index in [9.17, 15) is 14.3 Å². The van der Waals surface area contributed by atoms with E-state index in [-0.39, 0.29) is 28.5 Å². The number of halogens is 1. The van der Waals surface area contributed by atoms with Gasteiger partial charge < -0.3 is 15.2 Å². The number of carbonyl (C=O) groups is 1. The van der Waals surface area contributed by atoms with Gasteiger partial charge in [-0.3, -0.25) is 9.79 Å². The topological polar surface area (TPSA) is 70.9 Å². The molecule has 0 radical (unpaired) electrons. The number of aliphatic imine (C=N–C) groups is 1. The summed E-state index contributed by atoms with van der Waals surface area (Å²) in [5, 5.41) is 13.3. The molecule has 1 fully saturated rings. The van der Waals surface area contributed by atoms with Crippen LogP contribution < -0.4 is 5.32 Å². The molecule has 2 heterocycles. The molecule has 2 N–H and O–H groups in total. The van der Waals surface area contributed by atoms with Gasteiger partial charge >= 0.3 is 0 Å². The summed E-state index contributed by atoms with van der Waals surface area (Å²) in [5.41, 5.74) is 2.91. The molecule has 2 unspecified atom stereocenters. The summed E-state index contributed by atoms with van der Waals surface area (Å²) in [5.74, 6) is 5.35. The van der Waals surface area contributed by atoms with Crippen LogP contribution in [-0.2, 0) is 9.53 Å². The Morgan fingerprint density at radius 3 is 2.66 bits per heavy atom. The van der Waals surface area contributed by atoms with Crippen LogP contribution in [0, 0.1) is 30.0 Å². The predicted octanol–water partition coefficient (Wildman–Crippen LogP) is 3.85. The summed E-state index contributed by atoms with van der Waals surface area (Å²) in [6, 6.07) is 10.2. The van der Waals surface area contributed by atoms with Gasteiger partial charge in [-0.05, 0) is 50.6 Å².